The molecule has 1 rings (SSSR count). The summed E-state index contributed by atoms with van der Waals surface area (Å²) in [7, 11) is 0. The van der Waals surface area contributed by atoms with E-state index in [0.717, 1.165) is 5.69 Å². The first kappa shape index (κ1) is 7.51. The third-order valence-corrected chi connectivity index (χ3v) is 1.44. The third kappa shape index (κ3) is 1.69. The average molecular weight is 157 g/mol. The van der Waals surface area contributed by atoms with Crippen LogP contribution in [-0.2, 0) is 0 Å². The van der Waals surface area contributed by atoms with Crippen LogP contribution in [-0.4, -0.2) is 4.98 Å². The fourth-order valence-electron chi connectivity index (χ4n) is 0.657. The molecule has 2 N–H and O–H groups in total. The second kappa shape index (κ2) is 2.99. The maximum absolute atomic E-state index is 5.61. The van der Waals surface area contributed by atoms with Gasteiger partial charge < -0.3 is 5.73 Å². The Labute approximate surface area is 65.0 Å². The molecule has 0 aliphatic heterocycles. The van der Waals surface area contributed by atoms with Gasteiger partial charge in [-0.25, -0.2) is 0 Å². The van der Waals surface area contributed by atoms with E-state index in [1.54, 1.807) is 12.3 Å². The normalized spacial score (nSPS) is 13.1. The molecule has 0 radical (unpaired) electrons. The van der Waals surface area contributed by atoms with E-state index in [0.29, 0.717) is 5.02 Å². The summed E-state index contributed by atoms with van der Waals surface area (Å²) in [5, 5.41) is 0.643. The average Bonchev–Trinajstić information content (AvgIpc) is 1.88. The molecule has 1 atom stereocenters. The number of hydrogen-bond donors (Lipinski definition) is 1. The van der Waals surface area contributed by atoms with Crippen molar-refractivity contribution in [3.05, 3.63) is 29.0 Å². The predicted molar refractivity (Wildman–Crippen MR) is 41.8 cm³/mol. The Kier molecular flexibility index (Phi) is 2.25. The zero-order valence-electron chi connectivity index (χ0n) is 5.71. The zero-order valence-corrected chi connectivity index (χ0v) is 6.47. The van der Waals surface area contributed by atoms with Gasteiger partial charge in [-0.1, -0.05) is 11.6 Å². The first-order valence-electron chi connectivity index (χ1n) is 3.07. The van der Waals surface area contributed by atoms with E-state index in [-0.39, 0.29) is 6.04 Å². The van der Waals surface area contributed by atoms with Crippen molar-refractivity contribution < 1.29 is 0 Å². The molecule has 1 aromatic rings. The van der Waals surface area contributed by atoms with Crippen LogP contribution < -0.4 is 5.73 Å². The summed E-state index contributed by atoms with van der Waals surface area (Å²) in [4.78, 5) is 4.02. The second-order valence-electron chi connectivity index (χ2n) is 2.19. The Balaban J connectivity index is 2.89. The summed E-state index contributed by atoms with van der Waals surface area (Å²) in [6, 6.07) is 3.59. The molecule has 54 valence electrons. The number of hydrogen-bond acceptors (Lipinski definition) is 2. The molecule has 0 aliphatic carbocycles. The van der Waals surface area contributed by atoms with Gasteiger partial charge in [0.25, 0.3) is 0 Å². The van der Waals surface area contributed by atoms with E-state index in [1.807, 2.05) is 13.0 Å². The van der Waals surface area contributed by atoms with E-state index >= 15 is 0 Å². The van der Waals surface area contributed by atoms with Crippen LogP contribution in [0, 0.1) is 0 Å². The molecule has 0 aliphatic rings. The van der Waals surface area contributed by atoms with Crippen LogP contribution in [0.15, 0.2) is 18.3 Å². The molecule has 10 heavy (non-hydrogen) atoms. The SMILES string of the molecule is CC(N)c1ccc(Cl)cn1. The Bertz CT molecular complexity index is 205. The minimum absolute atomic E-state index is 0.0164. The first-order valence-corrected chi connectivity index (χ1v) is 3.45. The highest BCUT2D eigenvalue weighted by molar-refractivity contribution is 6.30. The zero-order chi connectivity index (χ0) is 7.56. The van der Waals surface area contributed by atoms with Crippen molar-refractivity contribution in [2.24, 2.45) is 5.73 Å². The summed E-state index contributed by atoms with van der Waals surface area (Å²) in [6.07, 6.45) is 1.60. The summed E-state index contributed by atoms with van der Waals surface area (Å²) >= 11 is 5.61. The van der Waals surface area contributed by atoms with Gasteiger partial charge in [0.05, 0.1) is 10.7 Å². The summed E-state index contributed by atoms with van der Waals surface area (Å²) in [6.45, 7) is 1.89. The molecule has 0 saturated heterocycles. The van der Waals surface area contributed by atoms with Gasteiger partial charge >= 0.3 is 0 Å². The lowest BCUT2D eigenvalue weighted by molar-refractivity contribution is 0.781. The van der Waals surface area contributed by atoms with E-state index in [2.05, 4.69) is 4.98 Å². The van der Waals surface area contributed by atoms with E-state index in [4.69, 9.17) is 17.3 Å². The summed E-state index contributed by atoms with van der Waals surface area (Å²) in [5.41, 5.74) is 6.42. The van der Waals surface area contributed by atoms with Gasteiger partial charge in [0.2, 0.25) is 0 Å². The first-order chi connectivity index (χ1) is 4.70. The minimum Gasteiger partial charge on any atom is -0.323 e. The molecule has 3 heteroatoms. The maximum Gasteiger partial charge on any atom is 0.0589 e. The van der Waals surface area contributed by atoms with Crippen LogP contribution in [0.5, 0.6) is 0 Å². The highest BCUT2D eigenvalue weighted by Gasteiger charge is 1.98. The van der Waals surface area contributed by atoms with Crippen molar-refractivity contribution in [1.29, 1.82) is 0 Å². The molecule has 0 amide bonds. The van der Waals surface area contributed by atoms with Gasteiger partial charge in [0.15, 0.2) is 0 Å². The number of nitrogens with two attached hydrogens (primary N) is 1. The second-order valence-corrected chi connectivity index (χ2v) is 2.63. The van der Waals surface area contributed by atoms with Gasteiger partial charge in [-0.2, -0.15) is 0 Å². The molecular weight excluding hydrogens is 148 g/mol. The molecule has 2 nitrogen and oxygen atoms in total. The predicted octanol–water partition coefficient (Wildman–Crippen LogP) is 1.75. The quantitative estimate of drug-likeness (QED) is 0.673. The van der Waals surface area contributed by atoms with Crippen molar-refractivity contribution in [3.8, 4) is 0 Å². The van der Waals surface area contributed by atoms with E-state index < -0.39 is 0 Å². The third-order valence-electron chi connectivity index (χ3n) is 1.22. The number of halogens is 1. The van der Waals surface area contributed by atoms with Gasteiger partial charge in [-0.05, 0) is 19.1 Å². The van der Waals surface area contributed by atoms with Crippen LogP contribution in [0.1, 0.15) is 18.7 Å². The number of aromatic nitrogens is 1. The van der Waals surface area contributed by atoms with Crippen molar-refractivity contribution >= 4 is 11.6 Å². The largest absolute Gasteiger partial charge is 0.323 e. The summed E-state index contributed by atoms with van der Waals surface area (Å²) < 4.78 is 0. The number of rotatable bonds is 1. The lowest BCUT2D eigenvalue weighted by atomic mass is 10.2. The van der Waals surface area contributed by atoms with Crippen LogP contribution in [0.3, 0.4) is 0 Å². The molecule has 0 spiro atoms. The molecule has 1 unspecified atom stereocenters. The van der Waals surface area contributed by atoms with Crippen molar-refractivity contribution in [1.82, 2.24) is 4.98 Å². The molecule has 0 fully saturated rings. The monoisotopic (exact) mass is 156 g/mol. The Morgan fingerprint density at radius 2 is 2.30 bits per heavy atom. The Morgan fingerprint density at radius 1 is 1.60 bits per heavy atom. The minimum atomic E-state index is -0.0164. The van der Waals surface area contributed by atoms with Crippen LogP contribution >= 0.6 is 11.6 Å². The van der Waals surface area contributed by atoms with Gasteiger partial charge in [-0.3, -0.25) is 4.98 Å². The van der Waals surface area contributed by atoms with Gasteiger partial charge in [-0.15, -0.1) is 0 Å². The standard InChI is InChI=1S/C7H9ClN2/c1-5(9)7-3-2-6(8)4-10-7/h2-5H,9H2,1H3. The molecule has 1 heterocycles. The van der Waals surface area contributed by atoms with Crippen LogP contribution in [0.4, 0.5) is 0 Å². The van der Waals surface area contributed by atoms with E-state index in [1.165, 1.54) is 0 Å². The van der Waals surface area contributed by atoms with Crippen molar-refractivity contribution in [2.45, 2.75) is 13.0 Å². The summed E-state index contributed by atoms with van der Waals surface area (Å²) in [5.74, 6) is 0. The van der Waals surface area contributed by atoms with Crippen LogP contribution in [0.25, 0.3) is 0 Å². The van der Waals surface area contributed by atoms with Crippen molar-refractivity contribution in [2.75, 3.05) is 0 Å². The number of nitrogens with zero attached hydrogens (tertiary/aromatic N) is 1. The van der Waals surface area contributed by atoms with Gasteiger partial charge in [0, 0.05) is 12.2 Å². The lowest BCUT2D eigenvalue weighted by Gasteiger charge is -2.02. The molecular formula is C7H9ClN2. The molecule has 0 aromatic carbocycles. The van der Waals surface area contributed by atoms with Crippen LogP contribution in [0.2, 0.25) is 5.02 Å². The highest BCUT2D eigenvalue weighted by atomic mass is 35.5. The van der Waals surface area contributed by atoms with Crippen molar-refractivity contribution in [3.63, 3.8) is 0 Å². The maximum atomic E-state index is 5.61. The molecule has 1 aromatic heterocycles. The Morgan fingerprint density at radius 3 is 2.70 bits per heavy atom. The molecule has 0 saturated carbocycles. The number of pyridine rings is 1. The van der Waals surface area contributed by atoms with Gasteiger partial charge in [0.1, 0.15) is 0 Å². The fraction of sp³-hybridized carbons (Fsp3) is 0.286. The lowest BCUT2D eigenvalue weighted by Crippen LogP contribution is -2.06. The smallest absolute Gasteiger partial charge is 0.0589 e. The fourth-order valence-corrected chi connectivity index (χ4v) is 0.768. The topological polar surface area (TPSA) is 38.9 Å². The molecule has 0 bridgehead atoms. The highest BCUT2D eigenvalue weighted by Crippen LogP contribution is 2.09. The van der Waals surface area contributed by atoms with E-state index in [9.17, 15) is 0 Å². The Hall–Kier alpha value is -0.600.